The smallest absolute Gasteiger partial charge is 0.304 e. The standard InChI is InChI=1S/C13H13F3N2OS/c1-7(17-12-18-11(19)8(2)20-12)9-5-3-4-6-10(9)13(14,15)16/h3-8H,1-2H3,(H,17,18,19)/t7-,8?/m0/s1. The third-order valence-corrected chi connectivity index (χ3v) is 3.91. The summed E-state index contributed by atoms with van der Waals surface area (Å²) >= 11 is 1.22. The summed E-state index contributed by atoms with van der Waals surface area (Å²) in [5.74, 6) is -0.176. The first-order chi connectivity index (χ1) is 9.29. The Morgan fingerprint density at radius 1 is 1.35 bits per heavy atom. The largest absolute Gasteiger partial charge is 0.416 e. The van der Waals surface area contributed by atoms with Gasteiger partial charge in [-0.15, -0.1) is 0 Å². The van der Waals surface area contributed by atoms with E-state index in [4.69, 9.17) is 0 Å². The van der Waals surface area contributed by atoms with E-state index >= 15 is 0 Å². The van der Waals surface area contributed by atoms with E-state index in [9.17, 15) is 18.0 Å². The zero-order valence-corrected chi connectivity index (χ0v) is 11.7. The third-order valence-electron chi connectivity index (χ3n) is 2.91. The zero-order valence-electron chi connectivity index (χ0n) is 10.9. The number of aliphatic imine (C=N–C) groups is 1. The van der Waals surface area contributed by atoms with Crippen LogP contribution in [0.2, 0.25) is 0 Å². The van der Waals surface area contributed by atoms with Gasteiger partial charge in [0.15, 0.2) is 5.17 Å². The number of halogens is 3. The molecule has 0 spiro atoms. The highest BCUT2D eigenvalue weighted by atomic mass is 32.2. The summed E-state index contributed by atoms with van der Waals surface area (Å²) in [5.41, 5.74) is -0.596. The lowest BCUT2D eigenvalue weighted by molar-refractivity contribution is -0.138. The van der Waals surface area contributed by atoms with Gasteiger partial charge in [-0.25, -0.2) is 0 Å². The number of nitrogens with zero attached hydrogens (tertiary/aromatic N) is 1. The average Bonchev–Trinajstić information content (AvgIpc) is 2.67. The van der Waals surface area contributed by atoms with E-state index in [0.717, 1.165) is 6.07 Å². The Kier molecular flexibility index (Phi) is 4.08. The quantitative estimate of drug-likeness (QED) is 0.910. The zero-order chi connectivity index (χ0) is 14.9. The van der Waals surface area contributed by atoms with Gasteiger partial charge in [0.2, 0.25) is 5.91 Å². The molecule has 108 valence electrons. The van der Waals surface area contributed by atoms with Crippen LogP contribution in [0.15, 0.2) is 29.3 Å². The first kappa shape index (κ1) is 14.9. The van der Waals surface area contributed by atoms with Crippen LogP contribution in [0, 0.1) is 0 Å². The molecule has 1 aliphatic rings. The Balaban J connectivity index is 2.29. The van der Waals surface area contributed by atoms with Crippen molar-refractivity contribution in [3.8, 4) is 0 Å². The lowest BCUT2D eigenvalue weighted by Crippen LogP contribution is -2.23. The Hall–Kier alpha value is -1.50. The molecule has 1 amide bonds. The number of hydrogen-bond acceptors (Lipinski definition) is 3. The van der Waals surface area contributed by atoms with Gasteiger partial charge in [0.1, 0.15) is 0 Å². The van der Waals surface area contributed by atoms with Crippen molar-refractivity contribution < 1.29 is 18.0 Å². The number of amidine groups is 1. The van der Waals surface area contributed by atoms with Crippen LogP contribution in [0.4, 0.5) is 13.2 Å². The summed E-state index contributed by atoms with van der Waals surface area (Å²) in [4.78, 5) is 15.5. The van der Waals surface area contributed by atoms with Crippen molar-refractivity contribution in [3.63, 3.8) is 0 Å². The first-order valence-electron chi connectivity index (χ1n) is 6.00. The molecule has 0 aliphatic carbocycles. The fourth-order valence-electron chi connectivity index (χ4n) is 1.89. The van der Waals surface area contributed by atoms with Gasteiger partial charge in [0.25, 0.3) is 0 Å². The van der Waals surface area contributed by atoms with Crippen molar-refractivity contribution in [2.24, 2.45) is 4.99 Å². The van der Waals surface area contributed by atoms with Gasteiger partial charge in [0.05, 0.1) is 16.9 Å². The van der Waals surface area contributed by atoms with Crippen LogP contribution >= 0.6 is 11.8 Å². The van der Waals surface area contributed by atoms with Gasteiger partial charge >= 0.3 is 6.18 Å². The lowest BCUT2D eigenvalue weighted by Gasteiger charge is -2.15. The van der Waals surface area contributed by atoms with Crippen LogP contribution in [-0.4, -0.2) is 16.3 Å². The Bertz CT molecular complexity index is 557. The van der Waals surface area contributed by atoms with Gasteiger partial charge in [-0.3, -0.25) is 9.79 Å². The molecule has 7 heteroatoms. The molecule has 0 bridgehead atoms. The number of benzene rings is 1. The molecular formula is C13H13F3N2OS. The molecule has 2 rings (SSSR count). The fourth-order valence-corrected chi connectivity index (χ4v) is 2.76. The van der Waals surface area contributed by atoms with Crippen molar-refractivity contribution in [1.29, 1.82) is 0 Å². The number of hydrogen-bond donors (Lipinski definition) is 1. The highest BCUT2D eigenvalue weighted by molar-refractivity contribution is 8.15. The maximum absolute atomic E-state index is 12.9. The Morgan fingerprint density at radius 2 is 2.00 bits per heavy atom. The number of amides is 1. The molecule has 0 aromatic heterocycles. The van der Waals surface area contributed by atoms with Crippen LogP contribution in [0.3, 0.4) is 0 Å². The molecule has 1 saturated heterocycles. The third kappa shape index (κ3) is 3.15. The minimum atomic E-state index is -4.41. The van der Waals surface area contributed by atoms with Crippen LogP contribution in [0.1, 0.15) is 31.0 Å². The molecule has 3 nitrogen and oxygen atoms in total. The molecule has 20 heavy (non-hydrogen) atoms. The molecule has 1 unspecified atom stereocenters. The molecular weight excluding hydrogens is 289 g/mol. The van der Waals surface area contributed by atoms with Crippen LogP contribution in [-0.2, 0) is 11.0 Å². The van der Waals surface area contributed by atoms with E-state index in [1.54, 1.807) is 19.9 Å². The molecule has 1 heterocycles. The maximum Gasteiger partial charge on any atom is 0.416 e. The van der Waals surface area contributed by atoms with Crippen molar-refractivity contribution in [2.75, 3.05) is 0 Å². The summed E-state index contributed by atoms with van der Waals surface area (Å²) in [5, 5.41) is 2.66. The van der Waals surface area contributed by atoms with E-state index in [0.29, 0.717) is 5.17 Å². The Labute approximate surface area is 118 Å². The molecule has 1 aromatic carbocycles. The fraction of sp³-hybridized carbons (Fsp3) is 0.385. The van der Waals surface area contributed by atoms with Crippen LogP contribution < -0.4 is 5.32 Å². The highest BCUT2D eigenvalue weighted by Crippen LogP contribution is 2.36. The number of carbonyl (C=O) groups is 1. The first-order valence-corrected chi connectivity index (χ1v) is 6.88. The van der Waals surface area contributed by atoms with Crippen molar-refractivity contribution in [3.05, 3.63) is 35.4 Å². The molecule has 2 atom stereocenters. The number of carbonyl (C=O) groups excluding carboxylic acids is 1. The van der Waals surface area contributed by atoms with Gasteiger partial charge < -0.3 is 5.32 Å². The normalized spacial score (nSPS) is 22.9. The molecule has 0 radical (unpaired) electrons. The van der Waals surface area contributed by atoms with Gasteiger partial charge in [0, 0.05) is 0 Å². The van der Waals surface area contributed by atoms with Crippen LogP contribution in [0.5, 0.6) is 0 Å². The monoisotopic (exact) mass is 302 g/mol. The Morgan fingerprint density at radius 3 is 2.55 bits per heavy atom. The second-order valence-electron chi connectivity index (χ2n) is 4.44. The summed E-state index contributed by atoms with van der Waals surface area (Å²) in [6.45, 7) is 3.30. The minimum absolute atomic E-state index is 0.0990. The van der Waals surface area contributed by atoms with Crippen molar-refractivity contribution in [1.82, 2.24) is 5.32 Å². The van der Waals surface area contributed by atoms with Crippen molar-refractivity contribution in [2.45, 2.75) is 31.3 Å². The number of rotatable bonds is 2. The predicted octanol–water partition coefficient (Wildman–Crippen LogP) is 3.37. The second kappa shape index (κ2) is 5.47. The molecule has 1 fully saturated rings. The van der Waals surface area contributed by atoms with Crippen molar-refractivity contribution >= 4 is 22.8 Å². The topological polar surface area (TPSA) is 41.5 Å². The lowest BCUT2D eigenvalue weighted by atomic mass is 10.0. The van der Waals surface area contributed by atoms with Gasteiger partial charge in [-0.2, -0.15) is 13.2 Å². The van der Waals surface area contributed by atoms with E-state index in [1.807, 2.05) is 0 Å². The molecule has 1 aromatic rings. The summed E-state index contributed by atoms with van der Waals surface area (Å²) in [7, 11) is 0. The van der Waals surface area contributed by atoms with Crippen LogP contribution in [0.25, 0.3) is 0 Å². The van der Waals surface area contributed by atoms with E-state index in [-0.39, 0.29) is 16.7 Å². The second-order valence-corrected chi connectivity index (χ2v) is 5.77. The van der Waals surface area contributed by atoms with E-state index in [2.05, 4.69) is 10.3 Å². The maximum atomic E-state index is 12.9. The summed E-state index contributed by atoms with van der Waals surface area (Å²) in [6.07, 6.45) is -4.41. The van der Waals surface area contributed by atoms with Gasteiger partial charge in [-0.05, 0) is 25.5 Å². The van der Waals surface area contributed by atoms with E-state index in [1.165, 1.54) is 23.9 Å². The number of nitrogens with one attached hydrogen (secondary N) is 1. The SMILES string of the molecule is CC1SC(=N[C@@H](C)c2ccccc2C(F)(F)F)NC1=O. The molecule has 1 aliphatic heterocycles. The molecule has 0 saturated carbocycles. The predicted molar refractivity (Wildman–Crippen MR) is 72.5 cm³/mol. The highest BCUT2D eigenvalue weighted by Gasteiger charge is 2.34. The molecule has 1 N–H and O–H groups in total. The minimum Gasteiger partial charge on any atom is -0.304 e. The number of thioether (sulfide) groups is 1. The van der Waals surface area contributed by atoms with Gasteiger partial charge in [-0.1, -0.05) is 30.0 Å². The van der Waals surface area contributed by atoms with E-state index < -0.39 is 17.8 Å². The number of alkyl halides is 3. The summed E-state index contributed by atoms with van der Waals surface area (Å²) < 4.78 is 38.8. The summed E-state index contributed by atoms with van der Waals surface area (Å²) in [6, 6.07) is 4.66. The average molecular weight is 302 g/mol.